The third-order valence-corrected chi connectivity index (χ3v) is 4.69. The number of hydrogen-bond acceptors (Lipinski definition) is 5. The Bertz CT molecular complexity index is 792. The number of thioether (sulfide) groups is 1. The molecule has 0 saturated carbocycles. The van der Waals surface area contributed by atoms with Crippen LogP contribution in [0.5, 0.6) is 0 Å². The quantitative estimate of drug-likeness (QED) is 0.352. The van der Waals surface area contributed by atoms with E-state index in [0.717, 1.165) is 4.90 Å². The van der Waals surface area contributed by atoms with E-state index in [-0.39, 0.29) is 16.8 Å². The number of nitrogens with one attached hydrogen (secondary N) is 1. The second-order valence-corrected chi connectivity index (χ2v) is 7.04. The van der Waals surface area contributed by atoms with Crippen molar-refractivity contribution in [2.75, 3.05) is 0 Å². The number of hydrogen-bond donors (Lipinski definition) is 1. The van der Waals surface area contributed by atoms with Crippen molar-refractivity contribution in [3.63, 3.8) is 0 Å². The summed E-state index contributed by atoms with van der Waals surface area (Å²) in [7, 11) is 0. The lowest BCUT2D eigenvalue weighted by atomic mass is 10.1. The third-order valence-electron chi connectivity index (χ3n) is 3.33. The molecule has 2 aromatic carbocycles. The zero-order valence-corrected chi connectivity index (χ0v) is 15.2. The van der Waals surface area contributed by atoms with E-state index in [1.54, 1.807) is 38.1 Å². The third kappa shape index (κ3) is 5.58. The van der Waals surface area contributed by atoms with Crippen molar-refractivity contribution in [1.82, 2.24) is 5.43 Å². The van der Waals surface area contributed by atoms with Gasteiger partial charge in [-0.05, 0) is 55.8 Å². The molecule has 0 aliphatic rings. The van der Waals surface area contributed by atoms with Crippen LogP contribution in [0, 0.1) is 10.1 Å². The van der Waals surface area contributed by atoms with E-state index >= 15 is 0 Å². The number of nitrogens with zero attached hydrogens (tertiary/aromatic N) is 2. The zero-order chi connectivity index (χ0) is 18.4. The van der Waals surface area contributed by atoms with Gasteiger partial charge in [0.1, 0.15) is 0 Å². The fraction of sp³-hybridized carbons (Fsp3) is 0.176. The number of halogens is 1. The van der Waals surface area contributed by atoms with Crippen LogP contribution >= 0.6 is 23.4 Å². The topological polar surface area (TPSA) is 84.6 Å². The Balaban J connectivity index is 1.95. The highest BCUT2D eigenvalue weighted by molar-refractivity contribution is 8.00. The first-order chi connectivity index (χ1) is 11.9. The molecule has 0 bridgehead atoms. The monoisotopic (exact) mass is 377 g/mol. The molecule has 0 aliphatic heterocycles. The molecule has 0 aromatic heterocycles. The smallest absolute Gasteiger partial charge is 0.269 e. The number of nitro benzene ring substituents is 1. The van der Waals surface area contributed by atoms with Crippen molar-refractivity contribution in [2.45, 2.75) is 24.0 Å². The summed E-state index contributed by atoms with van der Waals surface area (Å²) in [5.41, 5.74) is 3.79. The summed E-state index contributed by atoms with van der Waals surface area (Å²) in [6.07, 6.45) is 0. The highest BCUT2D eigenvalue weighted by Gasteiger charge is 2.14. The molecule has 0 saturated heterocycles. The molecule has 6 nitrogen and oxygen atoms in total. The largest absolute Gasteiger partial charge is 0.272 e. The SMILES string of the molecule is C/C(=N/NC(=O)[C@H](C)Sc1ccc(Cl)cc1)c1ccc([N+](=O)[O-])cc1. The predicted molar refractivity (Wildman–Crippen MR) is 100 cm³/mol. The van der Waals surface area contributed by atoms with Crippen LogP contribution in [-0.2, 0) is 4.79 Å². The molecular weight excluding hydrogens is 362 g/mol. The number of rotatable bonds is 6. The van der Waals surface area contributed by atoms with Gasteiger partial charge in [0.15, 0.2) is 0 Å². The minimum atomic E-state index is -0.465. The fourth-order valence-electron chi connectivity index (χ4n) is 1.89. The van der Waals surface area contributed by atoms with Gasteiger partial charge in [0.25, 0.3) is 11.6 Å². The first-order valence-electron chi connectivity index (χ1n) is 7.38. The minimum Gasteiger partial charge on any atom is -0.272 e. The Morgan fingerprint density at radius 1 is 1.20 bits per heavy atom. The summed E-state index contributed by atoms with van der Waals surface area (Å²) in [6.45, 7) is 3.50. The molecule has 2 aromatic rings. The lowest BCUT2D eigenvalue weighted by Gasteiger charge is -2.10. The maximum atomic E-state index is 12.1. The molecule has 130 valence electrons. The van der Waals surface area contributed by atoms with Crippen LogP contribution in [0.15, 0.2) is 58.5 Å². The average Bonchev–Trinajstić information content (AvgIpc) is 2.61. The Kier molecular flexibility index (Phi) is 6.55. The highest BCUT2D eigenvalue weighted by atomic mass is 35.5. The van der Waals surface area contributed by atoms with E-state index in [1.165, 1.54) is 23.9 Å². The van der Waals surface area contributed by atoms with Gasteiger partial charge in [-0.1, -0.05) is 11.6 Å². The molecule has 0 spiro atoms. The normalized spacial score (nSPS) is 12.5. The molecule has 8 heteroatoms. The van der Waals surface area contributed by atoms with Crippen molar-refractivity contribution in [3.05, 3.63) is 69.2 Å². The minimum absolute atomic E-state index is 0.00794. The predicted octanol–water partition coefficient (Wildman–Crippen LogP) is 4.27. The number of amides is 1. The van der Waals surface area contributed by atoms with E-state index < -0.39 is 4.92 Å². The summed E-state index contributed by atoms with van der Waals surface area (Å²) in [5, 5.41) is 15.0. The summed E-state index contributed by atoms with van der Waals surface area (Å²) in [6, 6.07) is 13.2. The molecule has 2 rings (SSSR count). The molecule has 0 heterocycles. The molecule has 0 fully saturated rings. The van der Waals surface area contributed by atoms with Gasteiger partial charge in [-0.3, -0.25) is 14.9 Å². The van der Waals surface area contributed by atoms with Crippen molar-refractivity contribution in [2.24, 2.45) is 5.10 Å². The van der Waals surface area contributed by atoms with Gasteiger partial charge in [0.05, 0.1) is 15.9 Å². The number of benzene rings is 2. The number of non-ortho nitro benzene ring substituents is 1. The summed E-state index contributed by atoms with van der Waals surface area (Å²) in [4.78, 5) is 23.3. The Labute approximate surface area is 154 Å². The van der Waals surface area contributed by atoms with Gasteiger partial charge in [-0.2, -0.15) is 5.10 Å². The van der Waals surface area contributed by atoms with Crippen LogP contribution in [0.1, 0.15) is 19.4 Å². The highest BCUT2D eigenvalue weighted by Crippen LogP contribution is 2.24. The number of hydrazone groups is 1. The lowest BCUT2D eigenvalue weighted by Crippen LogP contribution is -2.27. The first-order valence-corrected chi connectivity index (χ1v) is 8.64. The van der Waals surface area contributed by atoms with Crippen molar-refractivity contribution in [1.29, 1.82) is 0 Å². The van der Waals surface area contributed by atoms with Crippen LogP contribution in [0.4, 0.5) is 5.69 Å². The Morgan fingerprint density at radius 3 is 2.36 bits per heavy atom. The molecule has 0 radical (unpaired) electrons. The second kappa shape index (κ2) is 8.64. The number of nitro groups is 1. The van der Waals surface area contributed by atoms with Crippen molar-refractivity contribution in [3.8, 4) is 0 Å². The molecule has 1 amide bonds. The van der Waals surface area contributed by atoms with Gasteiger partial charge < -0.3 is 0 Å². The molecule has 1 atom stereocenters. The Morgan fingerprint density at radius 2 is 1.80 bits per heavy atom. The van der Waals surface area contributed by atoms with Crippen LogP contribution in [0.2, 0.25) is 5.02 Å². The maximum absolute atomic E-state index is 12.1. The van der Waals surface area contributed by atoms with E-state index in [9.17, 15) is 14.9 Å². The molecular formula is C17H16ClN3O3S. The van der Waals surface area contributed by atoms with E-state index in [0.29, 0.717) is 16.3 Å². The zero-order valence-electron chi connectivity index (χ0n) is 13.6. The summed E-state index contributed by atoms with van der Waals surface area (Å²) < 4.78 is 0. The van der Waals surface area contributed by atoms with E-state index in [4.69, 9.17) is 11.6 Å². The maximum Gasteiger partial charge on any atom is 0.269 e. The molecule has 25 heavy (non-hydrogen) atoms. The van der Waals surface area contributed by atoms with Crippen molar-refractivity contribution >= 4 is 40.7 Å². The van der Waals surface area contributed by atoms with Gasteiger partial charge >= 0.3 is 0 Å². The average molecular weight is 378 g/mol. The standard InChI is InChI=1S/C17H16ClN3O3S/c1-11(13-3-7-15(8-4-13)21(23)24)19-20-17(22)12(2)25-16-9-5-14(18)6-10-16/h3-10,12H,1-2H3,(H,20,22)/b19-11-/t12-/m0/s1. The number of carbonyl (C=O) groups excluding carboxylic acids is 1. The van der Waals surface area contributed by atoms with Gasteiger partial charge in [-0.25, -0.2) is 5.43 Å². The lowest BCUT2D eigenvalue weighted by molar-refractivity contribution is -0.384. The molecule has 0 aliphatic carbocycles. The van der Waals surface area contributed by atoms with Gasteiger partial charge in [0.2, 0.25) is 0 Å². The van der Waals surface area contributed by atoms with Crippen molar-refractivity contribution < 1.29 is 9.72 Å². The molecule has 1 N–H and O–H groups in total. The summed E-state index contributed by atoms with van der Waals surface area (Å²) >= 11 is 7.24. The van der Waals surface area contributed by atoms with Crippen LogP contribution < -0.4 is 5.43 Å². The van der Waals surface area contributed by atoms with E-state index in [2.05, 4.69) is 10.5 Å². The Hall–Kier alpha value is -2.38. The second-order valence-electron chi connectivity index (χ2n) is 5.19. The fourth-order valence-corrected chi connectivity index (χ4v) is 2.88. The number of carbonyl (C=O) groups is 1. The van der Waals surface area contributed by atoms with Crippen LogP contribution in [0.3, 0.4) is 0 Å². The van der Waals surface area contributed by atoms with Gasteiger partial charge in [-0.15, -0.1) is 11.8 Å². The van der Waals surface area contributed by atoms with E-state index in [1.807, 2.05) is 12.1 Å². The van der Waals surface area contributed by atoms with Crippen LogP contribution in [-0.4, -0.2) is 21.8 Å². The molecule has 0 unspecified atom stereocenters. The van der Waals surface area contributed by atoms with Gasteiger partial charge in [0, 0.05) is 22.1 Å². The summed E-state index contributed by atoms with van der Waals surface area (Å²) in [5.74, 6) is -0.235. The first kappa shape index (κ1) is 19.0. The van der Waals surface area contributed by atoms with Crippen LogP contribution in [0.25, 0.3) is 0 Å².